The van der Waals surface area contributed by atoms with Crippen LogP contribution in [0.5, 0.6) is 0 Å². The highest BCUT2D eigenvalue weighted by Crippen LogP contribution is 2.35. The van der Waals surface area contributed by atoms with Crippen LogP contribution in [0.1, 0.15) is 48.1 Å². The number of fused-ring (bicyclic) bond motifs is 1. The number of pyridine rings is 1. The third kappa shape index (κ3) is 4.00. The fourth-order valence-electron chi connectivity index (χ4n) is 4.27. The number of aliphatic hydroxyl groups is 1. The third-order valence-electron chi connectivity index (χ3n) is 5.99. The molecule has 1 aliphatic carbocycles. The van der Waals surface area contributed by atoms with Gasteiger partial charge in [-0.15, -0.1) is 0 Å². The molecule has 6 nitrogen and oxygen atoms in total. The molecule has 2 unspecified atom stereocenters. The second kappa shape index (κ2) is 8.63. The van der Waals surface area contributed by atoms with Gasteiger partial charge in [0, 0.05) is 31.8 Å². The summed E-state index contributed by atoms with van der Waals surface area (Å²) < 4.78 is 0. The van der Waals surface area contributed by atoms with E-state index in [0.717, 1.165) is 58.4 Å². The van der Waals surface area contributed by atoms with E-state index in [-0.39, 0.29) is 6.04 Å². The van der Waals surface area contributed by atoms with Crippen molar-refractivity contribution in [1.29, 1.82) is 0 Å². The maximum absolute atomic E-state index is 10.7. The lowest BCUT2D eigenvalue weighted by molar-refractivity contribution is 0.165. The van der Waals surface area contributed by atoms with Gasteiger partial charge in [0.1, 0.15) is 11.6 Å². The molecule has 2 N–H and O–H groups in total. The van der Waals surface area contributed by atoms with Crippen molar-refractivity contribution in [3.63, 3.8) is 0 Å². The molecule has 6 heteroatoms. The van der Waals surface area contributed by atoms with Gasteiger partial charge < -0.3 is 15.3 Å². The first-order valence-electron chi connectivity index (χ1n) is 11.0. The Kier molecular flexibility index (Phi) is 5.92. The fraction of sp³-hybridized carbons (Fsp3) is 0.400. The van der Waals surface area contributed by atoms with Crippen LogP contribution < -0.4 is 10.2 Å². The van der Waals surface area contributed by atoms with Crippen LogP contribution in [-0.4, -0.2) is 40.3 Å². The molecule has 162 valence electrons. The first kappa shape index (κ1) is 21.2. The number of benzene rings is 1. The average molecular weight is 418 g/mol. The quantitative estimate of drug-likeness (QED) is 0.629. The normalized spacial score (nSPS) is 17.5. The van der Waals surface area contributed by atoms with Crippen molar-refractivity contribution >= 4 is 11.6 Å². The molecule has 0 radical (unpaired) electrons. The molecule has 1 aliphatic rings. The first-order valence-corrected chi connectivity index (χ1v) is 11.0. The van der Waals surface area contributed by atoms with Crippen molar-refractivity contribution in [3.05, 3.63) is 64.6 Å². The van der Waals surface area contributed by atoms with E-state index < -0.39 is 6.10 Å². The number of aromatic nitrogens is 3. The van der Waals surface area contributed by atoms with Crippen LogP contribution in [0.15, 0.2) is 36.4 Å². The van der Waals surface area contributed by atoms with Gasteiger partial charge in [0.2, 0.25) is 0 Å². The molecule has 31 heavy (non-hydrogen) atoms. The number of aliphatic hydroxyl groups excluding tert-OH is 1. The van der Waals surface area contributed by atoms with E-state index in [9.17, 15) is 5.11 Å². The van der Waals surface area contributed by atoms with Crippen LogP contribution in [0.3, 0.4) is 0 Å². The Balaban J connectivity index is 1.74. The maximum Gasteiger partial charge on any atom is 0.148 e. The van der Waals surface area contributed by atoms with Crippen LogP contribution in [0.2, 0.25) is 0 Å². The molecule has 0 bridgehead atoms. The van der Waals surface area contributed by atoms with E-state index in [0.29, 0.717) is 6.42 Å². The number of anilines is 2. The Bertz CT molecular complexity index is 1100. The van der Waals surface area contributed by atoms with Crippen LogP contribution in [0.4, 0.5) is 11.6 Å². The molecule has 0 fully saturated rings. The highest BCUT2D eigenvalue weighted by Gasteiger charge is 2.31. The van der Waals surface area contributed by atoms with E-state index in [4.69, 9.17) is 15.0 Å². The Labute approximate surface area is 184 Å². The summed E-state index contributed by atoms with van der Waals surface area (Å²) in [6, 6.07) is 12.1. The Morgan fingerprint density at radius 2 is 1.74 bits per heavy atom. The van der Waals surface area contributed by atoms with Crippen molar-refractivity contribution < 1.29 is 5.11 Å². The lowest BCUT2D eigenvalue weighted by Crippen LogP contribution is -2.23. The minimum absolute atomic E-state index is 0.172. The van der Waals surface area contributed by atoms with Crippen LogP contribution >= 0.6 is 0 Å². The van der Waals surface area contributed by atoms with E-state index in [2.05, 4.69) is 37.4 Å². The molecular formula is C25H31N5O. The largest absolute Gasteiger partial charge is 0.390 e. The number of hydrogen-bond donors (Lipinski definition) is 2. The molecule has 4 rings (SSSR count). The van der Waals surface area contributed by atoms with Gasteiger partial charge in [0.15, 0.2) is 0 Å². The van der Waals surface area contributed by atoms with Crippen molar-refractivity contribution in [1.82, 2.24) is 15.0 Å². The summed E-state index contributed by atoms with van der Waals surface area (Å²) in [5, 5.41) is 14.2. The van der Waals surface area contributed by atoms with Crippen LogP contribution in [-0.2, 0) is 19.3 Å². The Hall–Kier alpha value is -2.99. The average Bonchev–Trinajstić information content (AvgIpc) is 3.08. The predicted octanol–water partition coefficient (Wildman–Crippen LogP) is 4.11. The van der Waals surface area contributed by atoms with Gasteiger partial charge in [-0.1, -0.05) is 38.1 Å². The molecular weight excluding hydrogens is 386 g/mol. The molecule has 2 atom stereocenters. The summed E-state index contributed by atoms with van der Waals surface area (Å²) >= 11 is 0. The standard InChI is InChI=1S/C25H31N5O/c1-6-19-23(17-12-13-22(30(4)5)26-15(17)3)27-20(7-2)25(28-19)29-24-18-11-9-8-10-16(18)14-21(24)31/h8-13,21,24,31H,6-7,14H2,1-5H3,(H,28,29). The monoisotopic (exact) mass is 417 g/mol. The summed E-state index contributed by atoms with van der Waals surface area (Å²) in [5.41, 5.74) is 7.02. The zero-order valence-corrected chi connectivity index (χ0v) is 19.0. The maximum atomic E-state index is 10.7. The highest BCUT2D eigenvalue weighted by molar-refractivity contribution is 5.67. The Morgan fingerprint density at radius 1 is 1.00 bits per heavy atom. The molecule has 0 saturated heterocycles. The van der Waals surface area contributed by atoms with Gasteiger partial charge in [-0.25, -0.2) is 15.0 Å². The van der Waals surface area contributed by atoms with Crippen molar-refractivity contribution in [2.45, 2.75) is 52.2 Å². The topological polar surface area (TPSA) is 74.2 Å². The van der Waals surface area contributed by atoms with Crippen molar-refractivity contribution in [2.24, 2.45) is 0 Å². The third-order valence-corrected chi connectivity index (χ3v) is 5.99. The van der Waals surface area contributed by atoms with Crippen LogP contribution in [0, 0.1) is 6.92 Å². The lowest BCUT2D eigenvalue weighted by atomic mass is 10.1. The van der Waals surface area contributed by atoms with Gasteiger partial charge in [-0.05, 0) is 43.0 Å². The van der Waals surface area contributed by atoms with Crippen molar-refractivity contribution in [2.75, 3.05) is 24.3 Å². The van der Waals surface area contributed by atoms with Gasteiger partial charge >= 0.3 is 0 Å². The fourth-order valence-corrected chi connectivity index (χ4v) is 4.27. The number of nitrogens with one attached hydrogen (secondary N) is 1. The first-order chi connectivity index (χ1) is 14.9. The molecule has 0 aliphatic heterocycles. The summed E-state index contributed by atoms with van der Waals surface area (Å²) in [6.45, 7) is 6.20. The highest BCUT2D eigenvalue weighted by atomic mass is 16.3. The van der Waals surface area contributed by atoms with E-state index in [1.54, 1.807) is 0 Å². The van der Waals surface area contributed by atoms with Crippen LogP contribution in [0.25, 0.3) is 11.3 Å². The number of hydrogen-bond acceptors (Lipinski definition) is 6. The minimum Gasteiger partial charge on any atom is -0.390 e. The molecule has 3 aromatic rings. The molecule has 2 aromatic heterocycles. The number of nitrogens with zero attached hydrogens (tertiary/aromatic N) is 4. The van der Waals surface area contributed by atoms with Gasteiger partial charge in [0.25, 0.3) is 0 Å². The predicted molar refractivity (Wildman–Crippen MR) is 126 cm³/mol. The summed E-state index contributed by atoms with van der Waals surface area (Å²) in [5.74, 6) is 1.69. The van der Waals surface area contributed by atoms with Crippen molar-refractivity contribution in [3.8, 4) is 11.3 Å². The molecule has 0 amide bonds. The molecule has 0 spiro atoms. The second-order valence-corrected chi connectivity index (χ2v) is 8.31. The lowest BCUT2D eigenvalue weighted by Gasteiger charge is -2.22. The Morgan fingerprint density at radius 3 is 2.42 bits per heavy atom. The van der Waals surface area contributed by atoms with E-state index in [1.165, 1.54) is 5.56 Å². The zero-order chi connectivity index (χ0) is 22.1. The second-order valence-electron chi connectivity index (χ2n) is 8.31. The van der Waals surface area contributed by atoms with Gasteiger partial charge in [-0.2, -0.15) is 0 Å². The SMILES string of the molecule is CCc1nc(-c2ccc(N(C)C)nc2C)c(CC)nc1NC1c2ccccc2CC1O. The number of aryl methyl sites for hydroxylation is 3. The van der Waals surface area contributed by atoms with Gasteiger partial charge in [0.05, 0.1) is 29.2 Å². The minimum atomic E-state index is -0.473. The summed E-state index contributed by atoms with van der Waals surface area (Å²) in [7, 11) is 3.98. The zero-order valence-electron chi connectivity index (χ0n) is 19.0. The molecule has 1 aromatic carbocycles. The smallest absolute Gasteiger partial charge is 0.148 e. The molecule has 2 heterocycles. The number of rotatable bonds is 6. The molecule has 0 saturated carbocycles. The van der Waals surface area contributed by atoms with E-state index >= 15 is 0 Å². The van der Waals surface area contributed by atoms with E-state index in [1.807, 2.05) is 44.1 Å². The summed E-state index contributed by atoms with van der Waals surface area (Å²) in [4.78, 5) is 16.7. The van der Waals surface area contributed by atoms with Gasteiger partial charge in [-0.3, -0.25) is 0 Å². The summed E-state index contributed by atoms with van der Waals surface area (Å²) in [6.07, 6.45) is 1.70.